The fraction of sp³-hybridized carbons (Fsp3) is 0.481. The molecule has 0 spiro atoms. The van der Waals surface area contributed by atoms with Gasteiger partial charge in [0.05, 0.1) is 18.5 Å². The summed E-state index contributed by atoms with van der Waals surface area (Å²) in [5, 5.41) is 22.0. The van der Waals surface area contributed by atoms with Gasteiger partial charge < -0.3 is 24.5 Å². The van der Waals surface area contributed by atoms with Crippen LogP contribution in [0.2, 0.25) is 0 Å². The van der Waals surface area contributed by atoms with E-state index >= 15 is 0 Å². The molecule has 0 bridgehead atoms. The summed E-state index contributed by atoms with van der Waals surface area (Å²) >= 11 is 1.72. The van der Waals surface area contributed by atoms with E-state index in [9.17, 15) is 5.11 Å². The van der Waals surface area contributed by atoms with Crippen molar-refractivity contribution in [2.75, 3.05) is 30.3 Å². The number of para-hydroxylation sites is 1. The third-order valence-corrected chi connectivity index (χ3v) is 7.67. The monoisotopic (exact) mass is 494 g/mol. The predicted molar refractivity (Wildman–Crippen MR) is 140 cm³/mol. The minimum absolute atomic E-state index is 0.0974. The Morgan fingerprint density at radius 1 is 0.971 bits per heavy atom. The molecule has 1 atom stereocenters. The van der Waals surface area contributed by atoms with Crippen molar-refractivity contribution >= 4 is 17.4 Å². The average molecular weight is 495 g/mol. The van der Waals surface area contributed by atoms with Gasteiger partial charge in [-0.05, 0) is 68.5 Å². The molecule has 35 heavy (non-hydrogen) atoms. The molecule has 3 aromatic rings. The van der Waals surface area contributed by atoms with Crippen LogP contribution in [-0.4, -0.2) is 58.9 Å². The Morgan fingerprint density at radius 3 is 2.57 bits per heavy atom. The molecule has 1 aliphatic heterocycles. The topological polar surface area (TPSA) is 83.7 Å². The zero-order chi connectivity index (χ0) is 23.9. The quantitative estimate of drug-likeness (QED) is 0.398. The first-order valence-corrected chi connectivity index (χ1v) is 13.8. The van der Waals surface area contributed by atoms with Crippen molar-refractivity contribution in [3.63, 3.8) is 0 Å². The zero-order valence-electron chi connectivity index (χ0n) is 20.0. The lowest BCUT2D eigenvalue weighted by molar-refractivity contribution is 0.114. The molecular formula is C27H34N4O3S. The lowest BCUT2D eigenvalue weighted by Gasteiger charge is -2.29. The van der Waals surface area contributed by atoms with Crippen LogP contribution in [0.25, 0.3) is 11.5 Å². The van der Waals surface area contributed by atoms with Gasteiger partial charge in [-0.2, -0.15) is 0 Å². The highest BCUT2D eigenvalue weighted by atomic mass is 32.2. The summed E-state index contributed by atoms with van der Waals surface area (Å²) in [6.45, 7) is 2.73. The van der Waals surface area contributed by atoms with Crippen molar-refractivity contribution in [2.45, 2.75) is 56.0 Å². The number of thioether (sulfide) groups is 1. The highest BCUT2D eigenvalue weighted by Crippen LogP contribution is 2.27. The average Bonchev–Trinajstić information content (AvgIpc) is 3.56. The van der Waals surface area contributed by atoms with Gasteiger partial charge in [-0.25, -0.2) is 0 Å². The molecule has 2 N–H and O–H groups in total. The van der Waals surface area contributed by atoms with Crippen LogP contribution in [-0.2, 0) is 5.75 Å². The Hall–Kier alpha value is -2.55. The lowest BCUT2D eigenvalue weighted by atomic mass is 9.92. The molecular weight excluding hydrogens is 460 g/mol. The van der Waals surface area contributed by atoms with Crippen molar-refractivity contribution < 1.29 is 14.3 Å². The van der Waals surface area contributed by atoms with Crippen molar-refractivity contribution in [1.82, 2.24) is 15.5 Å². The number of hydrogen-bond acceptors (Lipinski definition) is 8. The van der Waals surface area contributed by atoms with Crippen LogP contribution in [0.5, 0.6) is 5.75 Å². The van der Waals surface area contributed by atoms with E-state index in [1.165, 1.54) is 5.69 Å². The van der Waals surface area contributed by atoms with Crippen LogP contribution in [0.4, 0.5) is 5.69 Å². The molecule has 1 unspecified atom stereocenters. The molecule has 1 saturated carbocycles. The normalized spacial score (nSPS) is 22.4. The van der Waals surface area contributed by atoms with Gasteiger partial charge in [-0.1, -0.05) is 18.2 Å². The molecule has 186 valence electrons. The Bertz CT molecular complexity index is 1040. The molecule has 2 heterocycles. The summed E-state index contributed by atoms with van der Waals surface area (Å²) in [5.74, 6) is 3.62. The molecule has 7 nitrogen and oxygen atoms in total. The second-order valence-electron chi connectivity index (χ2n) is 9.37. The van der Waals surface area contributed by atoms with Gasteiger partial charge >= 0.3 is 0 Å². The van der Waals surface area contributed by atoms with Crippen molar-refractivity contribution in [3.05, 3.63) is 60.5 Å². The number of rotatable bonds is 10. The number of anilines is 1. The van der Waals surface area contributed by atoms with Gasteiger partial charge in [0.15, 0.2) is 0 Å². The SMILES string of the molecule is OC1CCC(NC2CCN(c3ccc(-c4nnc(CSCCOc5ccccc5)o4)cc3)C2)CC1. The molecule has 5 rings (SSSR count). The summed E-state index contributed by atoms with van der Waals surface area (Å²) in [4.78, 5) is 2.44. The number of aliphatic hydroxyl groups is 1. The summed E-state index contributed by atoms with van der Waals surface area (Å²) < 4.78 is 11.6. The lowest BCUT2D eigenvalue weighted by Crippen LogP contribution is -2.42. The third kappa shape index (κ3) is 6.78. The number of hydrogen-bond donors (Lipinski definition) is 2. The molecule has 1 aliphatic carbocycles. The Kier molecular flexibility index (Phi) is 8.23. The standard InChI is InChI=1S/C27H34N4O3S/c32-24-12-8-21(9-13-24)28-22-14-15-31(18-22)23-10-6-20(7-11-23)27-30-29-26(34-27)19-35-17-16-33-25-4-2-1-3-5-25/h1-7,10-11,21-22,24,28,32H,8-9,12-19H2. The molecule has 1 saturated heterocycles. The Labute approximate surface area is 211 Å². The van der Waals surface area contributed by atoms with Crippen LogP contribution >= 0.6 is 11.8 Å². The molecule has 2 aliphatic rings. The third-order valence-electron chi connectivity index (χ3n) is 6.77. The van der Waals surface area contributed by atoms with E-state index in [1.54, 1.807) is 11.8 Å². The van der Waals surface area contributed by atoms with Crippen molar-refractivity contribution in [3.8, 4) is 17.2 Å². The second kappa shape index (κ2) is 11.9. The van der Waals surface area contributed by atoms with Gasteiger partial charge in [-0.3, -0.25) is 0 Å². The molecule has 2 aromatic carbocycles. The maximum Gasteiger partial charge on any atom is 0.247 e. The van der Waals surface area contributed by atoms with Gasteiger partial charge in [0.1, 0.15) is 5.75 Å². The van der Waals surface area contributed by atoms with Gasteiger partial charge in [0, 0.05) is 42.2 Å². The number of nitrogens with one attached hydrogen (secondary N) is 1. The largest absolute Gasteiger partial charge is 0.493 e. The number of ether oxygens (including phenoxy) is 1. The maximum atomic E-state index is 9.72. The zero-order valence-corrected chi connectivity index (χ0v) is 20.8. The van der Waals surface area contributed by atoms with Crippen LogP contribution in [0.1, 0.15) is 38.0 Å². The van der Waals surface area contributed by atoms with E-state index in [0.29, 0.717) is 36.2 Å². The smallest absolute Gasteiger partial charge is 0.247 e. The fourth-order valence-electron chi connectivity index (χ4n) is 4.84. The summed E-state index contributed by atoms with van der Waals surface area (Å²) in [6, 6.07) is 19.3. The molecule has 2 fully saturated rings. The number of aliphatic hydroxyl groups excluding tert-OH is 1. The van der Waals surface area contributed by atoms with Crippen molar-refractivity contribution in [1.29, 1.82) is 0 Å². The van der Waals surface area contributed by atoms with Crippen LogP contribution in [0.3, 0.4) is 0 Å². The summed E-state index contributed by atoms with van der Waals surface area (Å²) in [7, 11) is 0. The van der Waals surface area contributed by atoms with Crippen LogP contribution in [0.15, 0.2) is 59.0 Å². The minimum Gasteiger partial charge on any atom is -0.493 e. The van der Waals surface area contributed by atoms with E-state index in [0.717, 1.165) is 62.3 Å². The first-order chi connectivity index (χ1) is 17.2. The second-order valence-corrected chi connectivity index (χ2v) is 10.5. The molecule has 8 heteroatoms. The van der Waals surface area contributed by atoms with Crippen LogP contribution in [0, 0.1) is 0 Å². The van der Waals surface area contributed by atoms with E-state index in [-0.39, 0.29) is 6.10 Å². The highest BCUT2D eigenvalue weighted by Gasteiger charge is 2.27. The predicted octanol–water partition coefficient (Wildman–Crippen LogP) is 4.52. The van der Waals surface area contributed by atoms with Crippen molar-refractivity contribution in [2.24, 2.45) is 0 Å². The first-order valence-electron chi connectivity index (χ1n) is 12.6. The number of benzene rings is 2. The molecule has 1 aromatic heterocycles. The van der Waals surface area contributed by atoms with E-state index in [4.69, 9.17) is 9.15 Å². The summed E-state index contributed by atoms with van der Waals surface area (Å²) in [5.41, 5.74) is 2.17. The Morgan fingerprint density at radius 2 is 1.77 bits per heavy atom. The molecule has 0 amide bonds. The molecule has 0 radical (unpaired) electrons. The first kappa shape index (κ1) is 24.2. The fourth-order valence-corrected chi connectivity index (χ4v) is 5.48. The van der Waals surface area contributed by atoms with E-state index in [2.05, 4.69) is 44.7 Å². The maximum absolute atomic E-state index is 9.72. The number of aromatic nitrogens is 2. The number of nitrogens with zero attached hydrogens (tertiary/aromatic N) is 3. The van der Waals surface area contributed by atoms with Gasteiger partial charge in [0.25, 0.3) is 0 Å². The minimum atomic E-state index is -0.0974. The van der Waals surface area contributed by atoms with Crippen LogP contribution < -0.4 is 15.0 Å². The Balaban J connectivity index is 1.06. The van der Waals surface area contributed by atoms with Gasteiger partial charge in [-0.15, -0.1) is 22.0 Å². The van der Waals surface area contributed by atoms with E-state index in [1.807, 2.05) is 30.3 Å². The highest BCUT2D eigenvalue weighted by molar-refractivity contribution is 7.98. The summed E-state index contributed by atoms with van der Waals surface area (Å²) in [6.07, 6.45) is 5.07. The van der Waals surface area contributed by atoms with E-state index < -0.39 is 0 Å². The van der Waals surface area contributed by atoms with Gasteiger partial charge in [0.2, 0.25) is 11.8 Å².